The van der Waals surface area contributed by atoms with E-state index in [4.69, 9.17) is 0 Å². The second kappa shape index (κ2) is 7.74. The van der Waals surface area contributed by atoms with Crippen LogP contribution in [0, 0.1) is 10.1 Å². The number of anilines is 1. The summed E-state index contributed by atoms with van der Waals surface area (Å²) in [6.07, 6.45) is 3.48. The third-order valence-electron chi connectivity index (χ3n) is 3.35. The molecule has 0 spiro atoms. The normalized spacial score (nSPS) is 12.2. The van der Waals surface area contributed by atoms with Gasteiger partial charge in [0.15, 0.2) is 0 Å². The zero-order chi connectivity index (χ0) is 14.3. The van der Waals surface area contributed by atoms with Crippen LogP contribution in [0.2, 0.25) is 0 Å². The van der Waals surface area contributed by atoms with E-state index in [1.54, 1.807) is 12.1 Å². The van der Waals surface area contributed by atoms with Gasteiger partial charge >= 0.3 is 0 Å². The summed E-state index contributed by atoms with van der Waals surface area (Å²) in [7, 11) is 3.99. The van der Waals surface area contributed by atoms with Gasteiger partial charge < -0.3 is 10.2 Å². The van der Waals surface area contributed by atoms with E-state index in [2.05, 4.69) is 17.1 Å². The quantitative estimate of drug-likeness (QED) is 0.580. The molecule has 1 unspecified atom stereocenters. The van der Waals surface area contributed by atoms with Gasteiger partial charge in [0.25, 0.3) is 5.69 Å². The summed E-state index contributed by atoms with van der Waals surface area (Å²) in [4.78, 5) is 12.5. The topological polar surface area (TPSA) is 58.4 Å². The number of rotatable bonds is 8. The molecular formula is C14H23N3O2. The Balaban J connectivity index is 2.77. The van der Waals surface area contributed by atoms with Gasteiger partial charge in [-0.2, -0.15) is 0 Å². The fourth-order valence-electron chi connectivity index (χ4n) is 2.13. The lowest BCUT2D eigenvalue weighted by molar-refractivity contribution is -0.384. The Bertz CT molecular complexity index is 392. The van der Waals surface area contributed by atoms with Gasteiger partial charge in [-0.15, -0.1) is 0 Å². The van der Waals surface area contributed by atoms with E-state index in [-0.39, 0.29) is 10.6 Å². The van der Waals surface area contributed by atoms with E-state index in [1.807, 2.05) is 26.2 Å². The molecular weight excluding hydrogens is 242 g/mol. The molecule has 0 fully saturated rings. The van der Waals surface area contributed by atoms with Crippen LogP contribution in [0.1, 0.15) is 26.2 Å². The largest absolute Gasteiger partial charge is 0.370 e. The number of non-ortho nitro benzene ring substituents is 1. The van der Waals surface area contributed by atoms with E-state index in [9.17, 15) is 10.1 Å². The van der Waals surface area contributed by atoms with E-state index >= 15 is 0 Å². The van der Waals surface area contributed by atoms with Crippen LogP contribution in [-0.4, -0.2) is 31.6 Å². The van der Waals surface area contributed by atoms with E-state index in [0.29, 0.717) is 6.04 Å². The van der Waals surface area contributed by atoms with Gasteiger partial charge in [0.05, 0.1) is 4.92 Å². The molecule has 1 atom stereocenters. The van der Waals surface area contributed by atoms with Gasteiger partial charge in [-0.05, 0) is 25.6 Å². The second-order valence-corrected chi connectivity index (χ2v) is 4.74. The zero-order valence-electron chi connectivity index (χ0n) is 11.9. The molecule has 0 amide bonds. The van der Waals surface area contributed by atoms with Crippen LogP contribution >= 0.6 is 0 Å². The monoisotopic (exact) mass is 265 g/mol. The molecule has 106 valence electrons. The minimum atomic E-state index is -0.369. The Morgan fingerprint density at radius 3 is 2.47 bits per heavy atom. The SMILES string of the molecule is CCCCC(CNC)N(C)c1ccc([N+](=O)[O-])cc1. The first-order valence-electron chi connectivity index (χ1n) is 6.72. The first kappa shape index (κ1) is 15.4. The highest BCUT2D eigenvalue weighted by atomic mass is 16.6. The van der Waals surface area contributed by atoms with Crippen molar-refractivity contribution >= 4 is 11.4 Å². The minimum absolute atomic E-state index is 0.135. The van der Waals surface area contributed by atoms with Crippen molar-refractivity contribution in [1.82, 2.24) is 5.32 Å². The molecule has 0 saturated heterocycles. The maximum absolute atomic E-state index is 10.6. The van der Waals surface area contributed by atoms with Gasteiger partial charge in [0.1, 0.15) is 0 Å². The summed E-state index contributed by atoms with van der Waals surface area (Å²) in [5.41, 5.74) is 1.15. The fourth-order valence-corrected chi connectivity index (χ4v) is 2.13. The molecule has 5 heteroatoms. The van der Waals surface area contributed by atoms with Crippen molar-refractivity contribution in [3.63, 3.8) is 0 Å². The molecule has 0 aliphatic carbocycles. The van der Waals surface area contributed by atoms with Crippen LogP contribution in [0.25, 0.3) is 0 Å². The molecule has 1 rings (SSSR count). The van der Waals surface area contributed by atoms with Gasteiger partial charge in [0, 0.05) is 37.5 Å². The molecule has 0 radical (unpaired) electrons. The maximum atomic E-state index is 10.6. The van der Waals surface area contributed by atoms with Crippen LogP contribution in [0.5, 0.6) is 0 Å². The third kappa shape index (κ3) is 4.52. The number of nitrogens with zero attached hydrogens (tertiary/aromatic N) is 2. The van der Waals surface area contributed by atoms with Crippen LogP contribution in [0.3, 0.4) is 0 Å². The van der Waals surface area contributed by atoms with Crippen LogP contribution < -0.4 is 10.2 Å². The Kier molecular flexibility index (Phi) is 6.29. The molecule has 0 bridgehead atoms. The highest BCUT2D eigenvalue weighted by Crippen LogP contribution is 2.21. The van der Waals surface area contributed by atoms with Crippen LogP contribution in [0.15, 0.2) is 24.3 Å². The predicted octanol–water partition coefficient (Wildman–Crippen LogP) is 2.81. The smallest absolute Gasteiger partial charge is 0.269 e. The zero-order valence-corrected chi connectivity index (χ0v) is 11.9. The molecule has 0 saturated carbocycles. The van der Waals surface area contributed by atoms with Gasteiger partial charge in [-0.1, -0.05) is 19.8 Å². The van der Waals surface area contributed by atoms with Crippen LogP contribution in [0.4, 0.5) is 11.4 Å². The van der Waals surface area contributed by atoms with Crippen molar-refractivity contribution in [3.8, 4) is 0 Å². The lowest BCUT2D eigenvalue weighted by Gasteiger charge is -2.30. The van der Waals surface area contributed by atoms with Crippen LogP contribution in [-0.2, 0) is 0 Å². The number of nitro benzene ring substituents is 1. The van der Waals surface area contributed by atoms with E-state index in [1.165, 1.54) is 12.8 Å². The van der Waals surface area contributed by atoms with Crippen molar-refractivity contribution in [2.75, 3.05) is 25.5 Å². The standard InChI is InChI=1S/C14H23N3O2/c1-4-5-6-14(11-15-2)16(3)12-7-9-13(10-8-12)17(18)19/h7-10,14-15H,4-6,11H2,1-3H3. The maximum Gasteiger partial charge on any atom is 0.269 e. The summed E-state index contributed by atoms with van der Waals surface area (Å²) in [5, 5.41) is 13.8. The number of unbranched alkanes of at least 4 members (excludes halogenated alkanes) is 1. The first-order chi connectivity index (χ1) is 9.10. The van der Waals surface area contributed by atoms with Crippen molar-refractivity contribution in [1.29, 1.82) is 0 Å². The van der Waals surface area contributed by atoms with Gasteiger partial charge in [-0.3, -0.25) is 10.1 Å². The number of hydrogen-bond donors (Lipinski definition) is 1. The number of nitro groups is 1. The number of benzene rings is 1. The van der Waals surface area contributed by atoms with E-state index in [0.717, 1.165) is 18.7 Å². The summed E-state index contributed by atoms with van der Waals surface area (Å²) < 4.78 is 0. The highest BCUT2D eigenvalue weighted by Gasteiger charge is 2.15. The minimum Gasteiger partial charge on any atom is -0.370 e. The molecule has 1 N–H and O–H groups in total. The molecule has 19 heavy (non-hydrogen) atoms. The first-order valence-corrected chi connectivity index (χ1v) is 6.72. The number of likely N-dealkylation sites (N-methyl/N-ethyl adjacent to an activating group) is 2. The molecule has 0 aliphatic rings. The van der Waals surface area contributed by atoms with Gasteiger partial charge in [-0.25, -0.2) is 0 Å². The predicted molar refractivity (Wildman–Crippen MR) is 78.7 cm³/mol. The Hall–Kier alpha value is -1.62. The molecule has 1 aromatic rings. The lowest BCUT2D eigenvalue weighted by Crippen LogP contribution is -2.39. The second-order valence-electron chi connectivity index (χ2n) is 4.74. The molecule has 0 aromatic heterocycles. The average molecular weight is 265 g/mol. The Labute approximate surface area is 114 Å². The molecule has 1 aromatic carbocycles. The summed E-state index contributed by atoms with van der Waals surface area (Å²) in [6.45, 7) is 3.09. The van der Waals surface area contributed by atoms with Crippen molar-refractivity contribution in [2.45, 2.75) is 32.2 Å². The molecule has 0 heterocycles. The summed E-state index contributed by atoms with van der Waals surface area (Å²) in [5.74, 6) is 0. The highest BCUT2D eigenvalue weighted by molar-refractivity contribution is 5.51. The number of hydrogen-bond acceptors (Lipinski definition) is 4. The fraction of sp³-hybridized carbons (Fsp3) is 0.571. The lowest BCUT2D eigenvalue weighted by atomic mass is 10.1. The van der Waals surface area contributed by atoms with E-state index < -0.39 is 0 Å². The van der Waals surface area contributed by atoms with Crippen molar-refractivity contribution in [2.24, 2.45) is 0 Å². The summed E-state index contributed by atoms with van der Waals surface area (Å²) >= 11 is 0. The summed E-state index contributed by atoms with van der Waals surface area (Å²) in [6, 6.07) is 7.15. The number of nitrogens with one attached hydrogen (secondary N) is 1. The van der Waals surface area contributed by atoms with Crippen molar-refractivity contribution < 1.29 is 4.92 Å². The Morgan fingerprint density at radius 2 is 2.00 bits per heavy atom. The third-order valence-corrected chi connectivity index (χ3v) is 3.35. The van der Waals surface area contributed by atoms with Crippen molar-refractivity contribution in [3.05, 3.63) is 34.4 Å². The average Bonchev–Trinajstić information content (AvgIpc) is 2.42. The molecule has 0 aliphatic heterocycles. The van der Waals surface area contributed by atoms with Gasteiger partial charge in [0.2, 0.25) is 0 Å². The molecule has 5 nitrogen and oxygen atoms in total. The Morgan fingerprint density at radius 1 is 1.37 bits per heavy atom.